The quantitative estimate of drug-likeness (QED) is 0.801. The van der Waals surface area contributed by atoms with Crippen molar-refractivity contribution in [3.63, 3.8) is 0 Å². The summed E-state index contributed by atoms with van der Waals surface area (Å²) in [5.74, 6) is -0.661. The highest BCUT2D eigenvalue weighted by Gasteiger charge is 2.32. The van der Waals surface area contributed by atoms with Crippen molar-refractivity contribution in [3.05, 3.63) is 59.2 Å². The normalized spacial score (nSPS) is 13.1. The van der Waals surface area contributed by atoms with Gasteiger partial charge in [0.15, 0.2) is 0 Å². The smallest absolute Gasteiger partial charge is 0.324 e. The third-order valence-corrected chi connectivity index (χ3v) is 5.40. The molecule has 0 saturated carbocycles. The Kier molecular flexibility index (Phi) is 6.08. The lowest BCUT2D eigenvalue weighted by molar-refractivity contribution is -0.137. The zero-order valence-corrected chi connectivity index (χ0v) is 16.6. The molecule has 1 atom stereocenters. The van der Waals surface area contributed by atoms with Crippen molar-refractivity contribution >= 4 is 27.3 Å². The molecule has 0 fully saturated rings. The van der Waals surface area contributed by atoms with Gasteiger partial charge in [-0.25, -0.2) is 8.42 Å². The Bertz CT molecular complexity index is 971. The molecule has 2 rings (SSSR count). The van der Waals surface area contributed by atoms with Gasteiger partial charge in [-0.05, 0) is 62.2 Å². The maximum Gasteiger partial charge on any atom is 0.416 e. The van der Waals surface area contributed by atoms with Crippen molar-refractivity contribution in [1.29, 1.82) is 0 Å². The lowest BCUT2D eigenvalue weighted by Crippen LogP contribution is -2.45. The molecule has 0 bridgehead atoms. The van der Waals surface area contributed by atoms with Gasteiger partial charge in [0.1, 0.15) is 6.04 Å². The van der Waals surface area contributed by atoms with E-state index in [4.69, 9.17) is 0 Å². The molecule has 28 heavy (non-hydrogen) atoms. The van der Waals surface area contributed by atoms with Crippen molar-refractivity contribution in [1.82, 2.24) is 0 Å². The molecule has 0 radical (unpaired) electrons. The second-order valence-corrected chi connectivity index (χ2v) is 8.45. The fourth-order valence-corrected chi connectivity index (χ4v) is 3.95. The van der Waals surface area contributed by atoms with E-state index < -0.39 is 33.7 Å². The number of halogens is 3. The van der Waals surface area contributed by atoms with E-state index in [0.29, 0.717) is 11.3 Å². The van der Waals surface area contributed by atoms with Gasteiger partial charge in [-0.3, -0.25) is 9.10 Å². The molecule has 0 aliphatic carbocycles. The molecule has 0 spiro atoms. The Morgan fingerprint density at radius 3 is 2.14 bits per heavy atom. The molecule has 0 unspecified atom stereocenters. The molecule has 1 amide bonds. The van der Waals surface area contributed by atoms with Crippen LogP contribution in [-0.4, -0.2) is 26.6 Å². The highest BCUT2D eigenvalue weighted by molar-refractivity contribution is 7.92. The van der Waals surface area contributed by atoms with Crippen LogP contribution in [0.5, 0.6) is 0 Å². The van der Waals surface area contributed by atoms with E-state index >= 15 is 0 Å². The largest absolute Gasteiger partial charge is 0.416 e. The van der Waals surface area contributed by atoms with Crippen LogP contribution in [0.4, 0.5) is 24.5 Å². The van der Waals surface area contributed by atoms with E-state index in [9.17, 15) is 26.4 Å². The summed E-state index contributed by atoms with van der Waals surface area (Å²) in [6, 6.07) is 8.07. The zero-order chi connectivity index (χ0) is 21.3. The number of nitrogens with zero attached hydrogens (tertiary/aromatic N) is 1. The average Bonchev–Trinajstić information content (AvgIpc) is 2.56. The number of aryl methyl sites for hydroxylation is 2. The van der Waals surface area contributed by atoms with Crippen molar-refractivity contribution in [2.75, 3.05) is 15.9 Å². The number of carbonyl (C=O) groups is 1. The molecule has 0 aliphatic heterocycles. The molecule has 9 heteroatoms. The van der Waals surface area contributed by atoms with Crippen LogP contribution in [0.15, 0.2) is 42.5 Å². The summed E-state index contributed by atoms with van der Waals surface area (Å²) < 4.78 is 63.7. The summed E-state index contributed by atoms with van der Waals surface area (Å²) in [6.45, 7) is 4.95. The van der Waals surface area contributed by atoms with Gasteiger partial charge in [-0.15, -0.1) is 0 Å². The highest BCUT2D eigenvalue weighted by Crippen LogP contribution is 2.30. The molecule has 2 aromatic carbocycles. The Morgan fingerprint density at radius 2 is 1.64 bits per heavy atom. The van der Waals surface area contributed by atoms with Crippen LogP contribution in [0.1, 0.15) is 23.6 Å². The molecule has 0 heterocycles. The fourth-order valence-electron chi connectivity index (χ4n) is 2.73. The van der Waals surface area contributed by atoms with E-state index in [1.165, 1.54) is 6.92 Å². The van der Waals surface area contributed by atoms with Gasteiger partial charge < -0.3 is 5.32 Å². The summed E-state index contributed by atoms with van der Waals surface area (Å²) in [5, 5.41) is 2.46. The Balaban J connectivity index is 2.31. The molecule has 152 valence electrons. The predicted molar refractivity (Wildman–Crippen MR) is 103 cm³/mol. The minimum Gasteiger partial charge on any atom is -0.324 e. The van der Waals surface area contributed by atoms with E-state index in [1.807, 2.05) is 6.07 Å². The molecule has 0 aromatic heterocycles. The van der Waals surface area contributed by atoms with Gasteiger partial charge in [-0.2, -0.15) is 13.2 Å². The Morgan fingerprint density at radius 1 is 1.07 bits per heavy atom. The van der Waals surface area contributed by atoms with E-state index in [1.54, 1.807) is 26.0 Å². The van der Waals surface area contributed by atoms with Crippen LogP contribution in [0.25, 0.3) is 0 Å². The van der Waals surface area contributed by atoms with Crippen LogP contribution in [0.2, 0.25) is 0 Å². The molecule has 5 nitrogen and oxygen atoms in total. The molecule has 1 N–H and O–H groups in total. The van der Waals surface area contributed by atoms with Crippen molar-refractivity contribution in [2.45, 2.75) is 33.0 Å². The molecular weight excluding hydrogens is 393 g/mol. The van der Waals surface area contributed by atoms with E-state index in [-0.39, 0.29) is 5.69 Å². The van der Waals surface area contributed by atoms with Crippen LogP contribution >= 0.6 is 0 Å². The maximum absolute atomic E-state index is 12.6. The number of anilines is 2. The number of carbonyl (C=O) groups excluding carboxylic acids is 1. The number of nitrogens with one attached hydrogen (secondary N) is 1. The monoisotopic (exact) mass is 414 g/mol. The number of amides is 1. The van der Waals surface area contributed by atoms with E-state index in [2.05, 4.69) is 5.32 Å². The van der Waals surface area contributed by atoms with Crippen LogP contribution in [-0.2, 0) is 21.0 Å². The third kappa shape index (κ3) is 5.03. The topological polar surface area (TPSA) is 66.5 Å². The lowest BCUT2D eigenvalue weighted by atomic mass is 10.1. The fraction of sp³-hybridized carbons (Fsp3) is 0.316. The van der Waals surface area contributed by atoms with Gasteiger partial charge in [0.25, 0.3) is 0 Å². The number of benzene rings is 2. The zero-order valence-electron chi connectivity index (χ0n) is 15.8. The summed E-state index contributed by atoms with van der Waals surface area (Å²) in [7, 11) is -3.80. The molecule has 0 aliphatic rings. The third-order valence-electron chi connectivity index (χ3n) is 4.17. The number of rotatable bonds is 5. The first-order chi connectivity index (χ1) is 12.8. The second-order valence-electron chi connectivity index (χ2n) is 6.59. The predicted octanol–water partition coefficient (Wildman–Crippen LogP) is 4.12. The molecular formula is C19H21F3N2O3S. The maximum atomic E-state index is 12.6. The number of hydrogen-bond acceptors (Lipinski definition) is 3. The van der Waals surface area contributed by atoms with Gasteiger partial charge in [0, 0.05) is 5.69 Å². The minimum atomic E-state index is -4.48. The summed E-state index contributed by atoms with van der Waals surface area (Å²) in [6.07, 6.45) is -3.48. The van der Waals surface area contributed by atoms with Gasteiger partial charge in [0.05, 0.1) is 17.5 Å². The van der Waals surface area contributed by atoms with Gasteiger partial charge in [-0.1, -0.05) is 12.1 Å². The minimum absolute atomic E-state index is 0.138. The van der Waals surface area contributed by atoms with Crippen LogP contribution < -0.4 is 9.62 Å². The van der Waals surface area contributed by atoms with Crippen molar-refractivity contribution in [3.8, 4) is 0 Å². The first-order valence-corrected chi connectivity index (χ1v) is 10.2. The average molecular weight is 414 g/mol. The summed E-state index contributed by atoms with van der Waals surface area (Å²) in [4.78, 5) is 12.6. The van der Waals surface area contributed by atoms with E-state index in [0.717, 1.165) is 40.4 Å². The molecule has 2 aromatic rings. The standard InChI is InChI=1S/C19H21F3N2O3S/c1-12-5-6-13(2)17(11-12)24(28(4,26)27)14(3)18(25)23-16-9-7-15(8-10-16)19(20,21)22/h5-11,14H,1-4H3,(H,23,25)/t14-/m1/s1. The molecule has 0 saturated heterocycles. The SMILES string of the molecule is Cc1ccc(C)c(N([C@H](C)C(=O)Nc2ccc(C(F)(F)F)cc2)S(C)(=O)=O)c1. The summed E-state index contributed by atoms with van der Waals surface area (Å²) in [5.41, 5.74) is 1.17. The Labute approximate surface area is 162 Å². The lowest BCUT2D eigenvalue weighted by Gasteiger charge is -2.29. The summed E-state index contributed by atoms with van der Waals surface area (Å²) >= 11 is 0. The number of hydrogen-bond donors (Lipinski definition) is 1. The van der Waals surface area contributed by atoms with Gasteiger partial charge >= 0.3 is 6.18 Å². The number of sulfonamides is 1. The van der Waals surface area contributed by atoms with Crippen LogP contribution in [0, 0.1) is 13.8 Å². The first-order valence-electron chi connectivity index (χ1n) is 8.35. The van der Waals surface area contributed by atoms with Gasteiger partial charge in [0.2, 0.25) is 15.9 Å². The van der Waals surface area contributed by atoms with Crippen molar-refractivity contribution in [2.24, 2.45) is 0 Å². The Hall–Kier alpha value is -2.55. The van der Waals surface area contributed by atoms with Crippen molar-refractivity contribution < 1.29 is 26.4 Å². The second kappa shape index (κ2) is 7.83. The first kappa shape index (κ1) is 21.7. The van der Waals surface area contributed by atoms with Crippen LogP contribution in [0.3, 0.4) is 0 Å². The number of alkyl halides is 3. The highest BCUT2D eigenvalue weighted by atomic mass is 32.2.